The molecule has 2 heterocycles. The Kier molecular flexibility index (Phi) is 3.52. The molecule has 0 bridgehead atoms. The average molecular weight is 343 g/mol. The second-order valence-electron chi connectivity index (χ2n) is 5.83. The monoisotopic (exact) mass is 343 g/mol. The van der Waals surface area contributed by atoms with Crippen LogP contribution in [0.15, 0.2) is 59.4 Å². The first-order chi connectivity index (χ1) is 12.6. The summed E-state index contributed by atoms with van der Waals surface area (Å²) in [5.74, 6) is -0.256. The van der Waals surface area contributed by atoms with Gasteiger partial charge in [0.05, 0.1) is 10.9 Å². The van der Waals surface area contributed by atoms with Crippen LogP contribution in [0.25, 0.3) is 16.6 Å². The van der Waals surface area contributed by atoms with Crippen molar-refractivity contribution in [2.75, 3.05) is 5.32 Å². The van der Waals surface area contributed by atoms with E-state index < -0.39 is 0 Å². The summed E-state index contributed by atoms with van der Waals surface area (Å²) in [6.45, 7) is 0. The number of nitrogens with one attached hydrogen (secondary N) is 1. The lowest BCUT2D eigenvalue weighted by molar-refractivity contribution is 0.102. The fourth-order valence-electron chi connectivity index (χ4n) is 2.92. The number of nitrogens with zero attached hydrogens (tertiary/aromatic N) is 4. The molecule has 26 heavy (non-hydrogen) atoms. The third-order valence-corrected chi connectivity index (χ3v) is 4.22. The van der Waals surface area contributed by atoms with Gasteiger partial charge in [-0.1, -0.05) is 18.2 Å². The SMILES string of the molecule is Cn1c2ccc(NC(=O)c3ccccc3)cc2c(=O)n2nc(C#N)cc12. The first-order valence-corrected chi connectivity index (χ1v) is 7.87. The number of amides is 1. The fourth-order valence-corrected chi connectivity index (χ4v) is 2.92. The molecule has 0 aliphatic carbocycles. The molecule has 0 unspecified atom stereocenters. The number of nitriles is 1. The molecule has 7 heteroatoms. The smallest absolute Gasteiger partial charge is 0.282 e. The Bertz CT molecular complexity index is 1260. The second kappa shape index (κ2) is 5.86. The maximum Gasteiger partial charge on any atom is 0.282 e. The quantitative estimate of drug-likeness (QED) is 0.604. The summed E-state index contributed by atoms with van der Waals surface area (Å²) in [6, 6.07) is 17.4. The first kappa shape index (κ1) is 15.6. The van der Waals surface area contributed by atoms with Gasteiger partial charge in [0.15, 0.2) is 5.69 Å². The van der Waals surface area contributed by atoms with E-state index in [2.05, 4.69) is 10.4 Å². The van der Waals surface area contributed by atoms with Gasteiger partial charge in [0.25, 0.3) is 11.5 Å². The van der Waals surface area contributed by atoms with Gasteiger partial charge in [0, 0.05) is 24.4 Å². The Morgan fingerprint density at radius 3 is 2.65 bits per heavy atom. The van der Waals surface area contributed by atoms with Gasteiger partial charge in [-0.2, -0.15) is 14.9 Å². The van der Waals surface area contributed by atoms with Crippen LogP contribution in [-0.2, 0) is 7.05 Å². The molecule has 7 nitrogen and oxygen atoms in total. The molecule has 2 aromatic carbocycles. The van der Waals surface area contributed by atoms with Crippen molar-refractivity contribution in [1.29, 1.82) is 5.26 Å². The van der Waals surface area contributed by atoms with Crippen molar-refractivity contribution >= 4 is 28.1 Å². The standard InChI is InChI=1S/C19H13N5O2/c1-23-16-8-7-13(21-18(25)12-5-3-2-4-6-12)9-15(16)19(26)24-17(23)10-14(11-20)22-24/h2-10H,1H3,(H,21,25). The van der Waals surface area contributed by atoms with E-state index in [1.54, 1.807) is 60.1 Å². The zero-order valence-electron chi connectivity index (χ0n) is 13.8. The van der Waals surface area contributed by atoms with Crippen LogP contribution in [-0.4, -0.2) is 20.1 Å². The van der Waals surface area contributed by atoms with Crippen LogP contribution in [0.2, 0.25) is 0 Å². The summed E-state index contributed by atoms with van der Waals surface area (Å²) in [4.78, 5) is 25.1. The molecule has 4 rings (SSSR count). The normalized spacial score (nSPS) is 10.8. The second-order valence-corrected chi connectivity index (χ2v) is 5.83. The van der Waals surface area contributed by atoms with Gasteiger partial charge >= 0.3 is 0 Å². The van der Waals surface area contributed by atoms with Gasteiger partial charge in [0.2, 0.25) is 0 Å². The molecular formula is C19H13N5O2. The van der Waals surface area contributed by atoms with Gasteiger partial charge in [-0.15, -0.1) is 0 Å². The lowest BCUT2D eigenvalue weighted by Crippen LogP contribution is -2.19. The third-order valence-electron chi connectivity index (χ3n) is 4.22. The molecule has 0 radical (unpaired) electrons. The average Bonchev–Trinajstić information content (AvgIpc) is 3.12. The number of aryl methyl sites for hydroxylation is 1. The molecule has 0 aliphatic rings. The Morgan fingerprint density at radius 1 is 1.15 bits per heavy atom. The number of rotatable bonds is 2. The molecule has 126 valence electrons. The van der Waals surface area contributed by atoms with Crippen LogP contribution in [0.4, 0.5) is 5.69 Å². The highest BCUT2D eigenvalue weighted by molar-refractivity contribution is 6.05. The van der Waals surface area contributed by atoms with Crippen LogP contribution in [0, 0.1) is 11.3 Å². The summed E-state index contributed by atoms with van der Waals surface area (Å²) in [7, 11) is 1.79. The topological polar surface area (TPSA) is 92.2 Å². The molecule has 0 atom stereocenters. The number of hydrogen-bond donors (Lipinski definition) is 1. The number of aromatic nitrogens is 3. The summed E-state index contributed by atoms with van der Waals surface area (Å²) >= 11 is 0. The molecule has 2 aromatic heterocycles. The predicted octanol–water partition coefficient (Wildman–Crippen LogP) is 2.31. The zero-order chi connectivity index (χ0) is 18.3. The molecule has 0 spiro atoms. The minimum Gasteiger partial charge on any atom is -0.328 e. The van der Waals surface area contributed by atoms with Crippen molar-refractivity contribution in [3.05, 3.63) is 76.2 Å². The largest absolute Gasteiger partial charge is 0.328 e. The van der Waals surface area contributed by atoms with Crippen molar-refractivity contribution in [2.45, 2.75) is 0 Å². The predicted molar refractivity (Wildman–Crippen MR) is 97.0 cm³/mol. The summed E-state index contributed by atoms with van der Waals surface area (Å²) < 4.78 is 2.98. The van der Waals surface area contributed by atoms with Crippen molar-refractivity contribution in [1.82, 2.24) is 14.2 Å². The molecule has 1 N–H and O–H groups in total. The maximum absolute atomic E-state index is 12.7. The van der Waals surface area contributed by atoms with Crippen molar-refractivity contribution in [2.24, 2.45) is 7.05 Å². The lowest BCUT2D eigenvalue weighted by Gasteiger charge is -2.10. The molecule has 0 saturated heterocycles. The van der Waals surface area contributed by atoms with Crippen LogP contribution in [0.3, 0.4) is 0 Å². The Morgan fingerprint density at radius 2 is 1.92 bits per heavy atom. The van der Waals surface area contributed by atoms with E-state index in [0.717, 1.165) is 0 Å². The number of anilines is 1. The van der Waals surface area contributed by atoms with Gasteiger partial charge < -0.3 is 9.88 Å². The molecule has 0 aliphatic heterocycles. The summed E-state index contributed by atoms with van der Waals surface area (Å²) in [5.41, 5.74) is 2.08. The third kappa shape index (κ3) is 2.41. The first-order valence-electron chi connectivity index (χ1n) is 7.87. The highest BCUT2D eigenvalue weighted by Gasteiger charge is 2.13. The van der Waals surface area contributed by atoms with E-state index >= 15 is 0 Å². The molecule has 0 saturated carbocycles. The van der Waals surface area contributed by atoms with E-state index in [4.69, 9.17) is 5.26 Å². The molecular weight excluding hydrogens is 330 g/mol. The number of carbonyl (C=O) groups is 1. The highest BCUT2D eigenvalue weighted by atomic mass is 16.1. The van der Waals surface area contributed by atoms with E-state index in [1.165, 1.54) is 4.52 Å². The van der Waals surface area contributed by atoms with E-state index in [-0.39, 0.29) is 17.2 Å². The number of hydrogen-bond acceptors (Lipinski definition) is 4. The van der Waals surface area contributed by atoms with E-state index in [0.29, 0.717) is 27.8 Å². The number of fused-ring (bicyclic) bond motifs is 2. The van der Waals surface area contributed by atoms with Crippen LogP contribution < -0.4 is 10.9 Å². The van der Waals surface area contributed by atoms with Gasteiger partial charge in [-0.3, -0.25) is 9.59 Å². The summed E-state index contributed by atoms with van der Waals surface area (Å²) in [5, 5.41) is 16.2. The molecule has 1 amide bonds. The number of carbonyl (C=O) groups excluding carboxylic acids is 1. The van der Waals surface area contributed by atoms with Gasteiger partial charge in [-0.05, 0) is 30.3 Å². The Balaban J connectivity index is 1.83. The van der Waals surface area contributed by atoms with E-state index in [1.807, 2.05) is 12.1 Å². The van der Waals surface area contributed by atoms with Gasteiger partial charge in [0.1, 0.15) is 11.7 Å². The highest BCUT2D eigenvalue weighted by Crippen LogP contribution is 2.19. The minimum absolute atomic E-state index is 0.172. The maximum atomic E-state index is 12.7. The van der Waals surface area contributed by atoms with Crippen LogP contribution in [0.1, 0.15) is 16.1 Å². The lowest BCUT2D eigenvalue weighted by atomic mass is 10.2. The minimum atomic E-state index is -0.342. The number of benzene rings is 2. The summed E-state index contributed by atoms with van der Waals surface area (Å²) in [6.07, 6.45) is 0. The van der Waals surface area contributed by atoms with E-state index in [9.17, 15) is 9.59 Å². The Labute approximate surface area is 147 Å². The molecule has 4 aromatic rings. The van der Waals surface area contributed by atoms with Crippen molar-refractivity contribution in [3.63, 3.8) is 0 Å². The molecule has 0 fully saturated rings. The van der Waals surface area contributed by atoms with Crippen LogP contribution in [0.5, 0.6) is 0 Å². The van der Waals surface area contributed by atoms with Crippen molar-refractivity contribution in [3.8, 4) is 6.07 Å². The zero-order valence-corrected chi connectivity index (χ0v) is 13.8. The van der Waals surface area contributed by atoms with Crippen LogP contribution >= 0.6 is 0 Å². The fraction of sp³-hybridized carbons (Fsp3) is 0.0526. The Hall–Kier alpha value is -3.92. The van der Waals surface area contributed by atoms with Crippen molar-refractivity contribution < 1.29 is 4.79 Å². The van der Waals surface area contributed by atoms with Gasteiger partial charge in [-0.25, -0.2) is 0 Å².